The van der Waals surface area contributed by atoms with Crippen molar-refractivity contribution in [3.05, 3.63) is 28.2 Å². The Morgan fingerprint density at radius 2 is 1.85 bits per heavy atom. The number of rotatable bonds is 5. The van der Waals surface area contributed by atoms with Crippen LogP contribution < -0.4 is 5.73 Å². The zero-order chi connectivity index (χ0) is 14.8. The molecule has 4 nitrogen and oxygen atoms in total. The molecule has 0 atom stereocenters. The third-order valence-electron chi connectivity index (χ3n) is 2.79. The van der Waals surface area contributed by atoms with E-state index in [0.717, 1.165) is 0 Å². The van der Waals surface area contributed by atoms with Crippen LogP contribution in [0.2, 0.25) is 10.0 Å². The van der Waals surface area contributed by atoms with Crippen molar-refractivity contribution in [1.29, 1.82) is 0 Å². The van der Waals surface area contributed by atoms with Crippen molar-refractivity contribution in [1.82, 2.24) is 4.31 Å². The molecule has 0 spiro atoms. The highest BCUT2D eigenvalue weighted by molar-refractivity contribution is 7.89. The van der Waals surface area contributed by atoms with Gasteiger partial charge in [-0.2, -0.15) is 0 Å². The van der Waals surface area contributed by atoms with E-state index in [4.69, 9.17) is 28.9 Å². The molecule has 8 heteroatoms. The van der Waals surface area contributed by atoms with Gasteiger partial charge >= 0.3 is 0 Å². The summed E-state index contributed by atoms with van der Waals surface area (Å²) in [5.41, 5.74) is 5.32. The van der Waals surface area contributed by atoms with Gasteiger partial charge in [-0.15, -0.1) is 12.4 Å². The minimum absolute atomic E-state index is 0. The maximum absolute atomic E-state index is 12.4. The van der Waals surface area contributed by atoms with E-state index in [9.17, 15) is 8.42 Å². The first-order chi connectivity index (χ1) is 8.60. The molecule has 20 heavy (non-hydrogen) atoms. The van der Waals surface area contributed by atoms with Crippen LogP contribution in [-0.2, 0) is 10.0 Å². The molecule has 0 aliphatic carbocycles. The summed E-state index contributed by atoms with van der Waals surface area (Å²) in [5.74, 6) is 0. The fourth-order valence-electron chi connectivity index (χ4n) is 1.60. The molecule has 0 aliphatic heterocycles. The van der Waals surface area contributed by atoms with Gasteiger partial charge in [0.2, 0.25) is 10.0 Å². The molecule has 1 aromatic rings. The Morgan fingerprint density at radius 3 is 2.30 bits per heavy atom. The summed E-state index contributed by atoms with van der Waals surface area (Å²) >= 11 is 11.7. The summed E-state index contributed by atoms with van der Waals surface area (Å²) in [6, 6.07) is 4.33. The quantitative estimate of drug-likeness (QED) is 0.876. The number of hydrogen-bond donors (Lipinski definition) is 1. The molecule has 0 unspecified atom stereocenters. The van der Waals surface area contributed by atoms with E-state index in [1.807, 2.05) is 13.8 Å². The van der Waals surface area contributed by atoms with Gasteiger partial charge in [-0.3, -0.25) is 0 Å². The van der Waals surface area contributed by atoms with Crippen LogP contribution in [0.25, 0.3) is 0 Å². The Balaban J connectivity index is 0.00000361. The van der Waals surface area contributed by atoms with Crippen molar-refractivity contribution in [3.8, 4) is 0 Å². The molecule has 116 valence electrons. The minimum Gasteiger partial charge on any atom is -0.330 e. The molecule has 0 amide bonds. The predicted octanol–water partition coefficient (Wildman–Crippen LogP) is 3.02. The fraction of sp³-hybridized carbons (Fsp3) is 0.500. The Kier molecular flexibility index (Phi) is 7.28. The summed E-state index contributed by atoms with van der Waals surface area (Å²) in [6.07, 6.45) is 0. The topological polar surface area (TPSA) is 63.4 Å². The normalized spacial score (nSPS) is 12.3. The number of nitrogens with zero attached hydrogens (tertiary/aromatic N) is 1. The van der Waals surface area contributed by atoms with Gasteiger partial charge in [0.15, 0.2) is 0 Å². The molecule has 0 fully saturated rings. The number of halogens is 3. The van der Waals surface area contributed by atoms with Crippen molar-refractivity contribution in [2.75, 3.05) is 20.1 Å². The van der Waals surface area contributed by atoms with E-state index < -0.39 is 10.0 Å². The van der Waals surface area contributed by atoms with Gasteiger partial charge in [-0.05, 0) is 30.2 Å². The molecular weight excluding hydrogens is 343 g/mol. The Hall–Kier alpha value is -0.0400. The standard InChI is InChI=1S/C12H18Cl2N2O2S.ClH/c1-12(2,7-15)8-16(3)19(17,18)11-5-4-9(13)6-10(11)14;/h4-6H,7-8,15H2,1-3H3;1H. The summed E-state index contributed by atoms with van der Waals surface area (Å²) in [4.78, 5) is 0.0499. The van der Waals surface area contributed by atoms with Crippen LogP contribution in [-0.4, -0.2) is 32.9 Å². The lowest BCUT2D eigenvalue weighted by atomic mass is 9.94. The summed E-state index contributed by atoms with van der Waals surface area (Å²) in [5, 5.41) is 0.513. The third-order valence-corrected chi connectivity index (χ3v) is 5.31. The highest BCUT2D eigenvalue weighted by Crippen LogP contribution is 2.28. The van der Waals surface area contributed by atoms with E-state index in [1.165, 1.54) is 29.6 Å². The Bertz CT molecular complexity index is 562. The second-order valence-electron chi connectivity index (χ2n) is 5.20. The molecule has 0 saturated heterocycles. The Morgan fingerprint density at radius 1 is 1.30 bits per heavy atom. The van der Waals surface area contributed by atoms with E-state index in [2.05, 4.69) is 0 Å². The van der Waals surface area contributed by atoms with Crippen molar-refractivity contribution in [2.24, 2.45) is 11.1 Å². The lowest BCUT2D eigenvalue weighted by Crippen LogP contribution is -2.39. The molecule has 0 aromatic heterocycles. The molecule has 0 bridgehead atoms. The van der Waals surface area contributed by atoms with Crippen LogP contribution in [0, 0.1) is 5.41 Å². The van der Waals surface area contributed by atoms with Gasteiger partial charge in [0.1, 0.15) is 4.90 Å². The van der Waals surface area contributed by atoms with Gasteiger partial charge in [0.05, 0.1) is 5.02 Å². The monoisotopic (exact) mass is 360 g/mol. The zero-order valence-corrected chi connectivity index (χ0v) is 14.7. The molecule has 2 N–H and O–H groups in total. The van der Waals surface area contributed by atoms with E-state index in [-0.39, 0.29) is 27.7 Å². The zero-order valence-electron chi connectivity index (χ0n) is 11.6. The van der Waals surface area contributed by atoms with E-state index in [0.29, 0.717) is 18.1 Å². The number of benzene rings is 1. The molecule has 1 aromatic carbocycles. The van der Waals surface area contributed by atoms with Crippen molar-refractivity contribution in [3.63, 3.8) is 0 Å². The van der Waals surface area contributed by atoms with Crippen LogP contribution in [0.3, 0.4) is 0 Å². The van der Waals surface area contributed by atoms with Crippen LogP contribution in [0.1, 0.15) is 13.8 Å². The first-order valence-corrected chi connectivity index (χ1v) is 7.91. The molecule has 0 heterocycles. The highest BCUT2D eigenvalue weighted by atomic mass is 35.5. The largest absolute Gasteiger partial charge is 0.330 e. The van der Waals surface area contributed by atoms with Gasteiger partial charge in [0.25, 0.3) is 0 Å². The molecule has 0 saturated carbocycles. The van der Waals surface area contributed by atoms with Crippen molar-refractivity contribution < 1.29 is 8.42 Å². The molecule has 0 aliphatic rings. The van der Waals surface area contributed by atoms with Gasteiger partial charge in [-0.1, -0.05) is 37.0 Å². The molecular formula is C12H19Cl3N2O2S. The first kappa shape index (κ1) is 20.0. The number of sulfonamides is 1. The minimum atomic E-state index is -3.64. The molecule has 0 radical (unpaired) electrons. The highest BCUT2D eigenvalue weighted by Gasteiger charge is 2.28. The average molecular weight is 362 g/mol. The van der Waals surface area contributed by atoms with Gasteiger partial charge < -0.3 is 5.73 Å². The Labute approximate surface area is 136 Å². The fourth-order valence-corrected chi connectivity index (χ4v) is 3.71. The maximum atomic E-state index is 12.4. The van der Waals surface area contributed by atoms with Crippen molar-refractivity contribution in [2.45, 2.75) is 18.7 Å². The SMILES string of the molecule is CN(CC(C)(C)CN)S(=O)(=O)c1ccc(Cl)cc1Cl.Cl. The van der Waals surface area contributed by atoms with Crippen molar-refractivity contribution >= 4 is 45.6 Å². The predicted molar refractivity (Wildman–Crippen MR) is 86.4 cm³/mol. The summed E-state index contributed by atoms with van der Waals surface area (Å²) in [6.45, 7) is 4.51. The number of hydrogen-bond acceptors (Lipinski definition) is 3. The van der Waals surface area contributed by atoms with E-state index >= 15 is 0 Å². The lowest BCUT2D eigenvalue weighted by molar-refractivity contribution is 0.292. The van der Waals surface area contributed by atoms with Crippen LogP contribution in [0.15, 0.2) is 23.1 Å². The van der Waals surface area contributed by atoms with Gasteiger partial charge in [-0.25, -0.2) is 12.7 Å². The average Bonchev–Trinajstić information content (AvgIpc) is 2.27. The van der Waals surface area contributed by atoms with Crippen LogP contribution in [0.4, 0.5) is 0 Å². The molecule has 1 rings (SSSR count). The van der Waals surface area contributed by atoms with Crippen LogP contribution in [0.5, 0.6) is 0 Å². The second kappa shape index (κ2) is 7.29. The number of nitrogens with two attached hydrogens (primary N) is 1. The summed E-state index contributed by atoms with van der Waals surface area (Å²) in [7, 11) is -2.13. The van der Waals surface area contributed by atoms with Crippen LogP contribution >= 0.6 is 35.6 Å². The second-order valence-corrected chi connectivity index (χ2v) is 8.06. The van der Waals surface area contributed by atoms with E-state index in [1.54, 1.807) is 0 Å². The smallest absolute Gasteiger partial charge is 0.244 e. The first-order valence-electron chi connectivity index (χ1n) is 5.71. The summed E-state index contributed by atoms with van der Waals surface area (Å²) < 4.78 is 26.1. The maximum Gasteiger partial charge on any atom is 0.244 e. The third kappa shape index (κ3) is 4.76. The van der Waals surface area contributed by atoms with Gasteiger partial charge in [0, 0.05) is 18.6 Å². The lowest BCUT2D eigenvalue weighted by Gasteiger charge is -2.28.